The number of piperidine rings is 1. The number of aromatic nitrogens is 1. The molecule has 1 amide bonds. The van der Waals surface area contributed by atoms with E-state index in [1.165, 1.54) is 12.8 Å². The van der Waals surface area contributed by atoms with Crippen molar-refractivity contribution in [2.75, 3.05) is 32.0 Å². The van der Waals surface area contributed by atoms with E-state index in [-0.39, 0.29) is 5.91 Å². The van der Waals surface area contributed by atoms with Gasteiger partial charge in [-0.2, -0.15) is 0 Å². The zero-order valence-electron chi connectivity index (χ0n) is 12.4. The Labute approximate surface area is 120 Å². The summed E-state index contributed by atoms with van der Waals surface area (Å²) in [5.41, 5.74) is 1.46. The van der Waals surface area contributed by atoms with E-state index >= 15 is 0 Å². The summed E-state index contributed by atoms with van der Waals surface area (Å²) in [6.07, 6.45) is 6.99. The average Bonchev–Trinajstić information content (AvgIpc) is 2.47. The molecular formula is C15H24N4O. The van der Waals surface area contributed by atoms with Crippen LogP contribution in [0.2, 0.25) is 0 Å². The normalized spacial score (nSPS) is 19.6. The van der Waals surface area contributed by atoms with E-state index in [2.05, 4.69) is 27.6 Å². The Morgan fingerprint density at radius 2 is 2.35 bits per heavy atom. The Kier molecular flexibility index (Phi) is 5.35. The van der Waals surface area contributed by atoms with Crippen molar-refractivity contribution in [3.05, 3.63) is 24.0 Å². The molecule has 1 aromatic rings. The third-order valence-electron chi connectivity index (χ3n) is 3.85. The number of pyridine rings is 1. The average molecular weight is 276 g/mol. The summed E-state index contributed by atoms with van der Waals surface area (Å²) >= 11 is 0. The molecule has 1 aliphatic heterocycles. The van der Waals surface area contributed by atoms with Crippen molar-refractivity contribution in [2.24, 2.45) is 0 Å². The number of hydrogen-bond donors (Lipinski definition) is 2. The van der Waals surface area contributed by atoms with Gasteiger partial charge in [-0.05, 0) is 39.4 Å². The van der Waals surface area contributed by atoms with Crippen molar-refractivity contribution < 1.29 is 4.79 Å². The second-order valence-corrected chi connectivity index (χ2v) is 5.29. The van der Waals surface area contributed by atoms with Gasteiger partial charge in [0.1, 0.15) is 0 Å². The van der Waals surface area contributed by atoms with Crippen LogP contribution in [-0.2, 0) is 0 Å². The molecule has 2 N–H and O–H groups in total. The van der Waals surface area contributed by atoms with Gasteiger partial charge in [0.05, 0.1) is 11.3 Å². The number of nitrogens with one attached hydrogen (secondary N) is 2. The van der Waals surface area contributed by atoms with Crippen LogP contribution in [-0.4, -0.2) is 48.5 Å². The fourth-order valence-electron chi connectivity index (χ4n) is 2.63. The molecule has 20 heavy (non-hydrogen) atoms. The van der Waals surface area contributed by atoms with Crippen LogP contribution in [0.15, 0.2) is 18.5 Å². The van der Waals surface area contributed by atoms with Crippen LogP contribution >= 0.6 is 0 Å². The highest BCUT2D eigenvalue weighted by atomic mass is 16.1. The maximum Gasteiger partial charge on any atom is 0.255 e. The van der Waals surface area contributed by atoms with Gasteiger partial charge in [0.25, 0.3) is 5.91 Å². The maximum absolute atomic E-state index is 12.3. The largest absolute Gasteiger partial charge is 0.385 e. The van der Waals surface area contributed by atoms with Crippen LogP contribution in [0.1, 0.15) is 36.5 Å². The Morgan fingerprint density at radius 1 is 1.50 bits per heavy atom. The van der Waals surface area contributed by atoms with Crippen molar-refractivity contribution in [2.45, 2.75) is 32.2 Å². The van der Waals surface area contributed by atoms with E-state index in [1.54, 1.807) is 12.4 Å². The Balaban J connectivity index is 1.94. The molecule has 0 bridgehead atoms. The van der Waals surface area contributed by atoms with Gasteiger partial charge in [-0.25, -0.2) is 0 Å². The van der Waals surface area contributed by atoms with E-state index in [0.717, 1.165) is 25.2 Å². The minimum absolute atomic E-state index is 0.0481. The molecule has 2 heterocycles. The Morgan fingerprint density at radius 3 is 3.10 bits per heavy atom. The lowest BCUT2D eigenvalue weighted by atomic mass is 10.0. The van der Waals surface area contributed by atoms with Crippen molar-refractivity contribution in [1.29, 1.82) is 0 Å². The summed E-state index contributed by atoms with van der Waals surface area (Å²) in [5, 5.41) is 6.23. The molecule has 0 aromatic carbocycles. The molecule has 1 atom stereocenters. The SMILES string of the molecule is CCNc1ccncc1C(=O)NCC1CCCCN1C. The molecule has 1 aromatic heterocycles. The maximum atomic E-state index is 12.3. The van der Waals surface area contributed by atoms with Crippen LogP contribution in [0.25, 0.3) is 0 Å². The van der Waals surface area contributed by atoms with Gasteiger partial charge in [0, 0.05) is 31.5 Å². The number of carbonyl (C=O) groups is 1. The summed E-state index contributed by atoms with van der Waals surface area (Å²) in [4.78, 5) is 18.7. The third kappa shape index (κ3) is 3.70. The lowest BCUT2D eigenvalue weighted by Crippen LogP contribution is -2.44. The fourth-order valence-corrected chi connectivity index (χ4v) is 2.63. The summed E-state index contributed by atoms with van der Waals surface area (Å²) in [5.74, 6) is -0.0481. The summed E-state index contributed by atoms with van der Waals surface area (Å²) in [7, 11) is 2.13. The van der Waals surface area contributed by atoms with Gasteiger partial charge in [-0.1, -0.05) is 6.42 Å². The molecule has 0 radical (unpaired) electrons. The zero-order chi connectivity index (χ0) is 14.4. The smallest absolute Gasteiger partial charge is 0.255 e. The predicted octanol–water partition coefficient (Wildman–Crippen LogP) is 1.73. The van der Waals surface area contributed by atoms with Gasteiger partial charge >= 0.3 is 0 Å². The quantitative estimate of drug-likeness (QED) is 0.860. The van der Waals surface area contributed by atoms with Crippen LogP contribution < -0.4 is 10.6 Å². The van der Waals surface area contributed by atoms with Gasteiger partial charge in [0.2, 0.25) is 0 Å². The second kappa shape index (κ2) is 7.24. The fraction of sp³-hybridized carbons (Fsp3) is 0.600. The molecule has 2 rings (SSSR count). The van der Waals surface area contributed by atoms with Crippen molar-refractivity contribution in [3.8, 4) is 0 Å². The van der Waals surface area contributed by atoms with Gasteiger partial charge in [-0.15, -0.1) is 0 Å². The molecule has 1 aliphatic rings. The van der Waals surface area contributed by atoms with Crippen molar-refractivity contribution in [1.82, 2.24) is 15.2 Å². The molecular weight excluding hydrogens is 252 g/mol. The second-order valence-electron chi connectivity index (χ2n) is 5.29. The van der Waals surface area contributed by atoms with Crippen molar-refractivity contribution in [3.63, 3.8) is 0 Å². The molecule has 0 aliphatic carbocycles. The first-order valence-corrected chi connectivity index (χ1v) is 7.38. The third-order valence-corrected chi connectivity index (χ3v) is 3.85. The van der Waals surface area contributed by atoms with Gasteiger partial charge in [0.15, 0.2) is 0 Å². The number of anilines is 1. The monoisotopic (exact) mass is 276 g/mol. The molecule has 1 saturated heterocycles. The molecule has 1 fully saturated rings. The lowest BCUT2D eigenvalue weighted by molar-refractivity contribution is 0.0929. The van der Waals surface area contributed by atoms with Gasteiger partial charge in [-0.3, -0.25) is 9.78 Å². The number of nitrogens with zero attached hydrogens (tertiary/aromatic N) is 2. The zero-order valence-corrected chi connectivity index (χ0v) is 12.4. The number of likely N-dealkylation sites (N-methyl/N-ethyl adjacent to an activating group) is 1. The van der Waals surface area contributed by atoms with Gasteiger partial charge < -0.3 is 15.5 Å². The molecule has 0 spiro atoms. The van der Waals surface area contributed by atoms with Crippen LogP contribution in [0.5, 0.6) is 0 Å². The summed E-state index contributed by atoms with van der Waals surface area (Å²) in [6, 6.07) is 2.29. The highest BCUT2D eigenvalue weighted by molar-refractivity contribution is 5.99. The molecule has 5 heteroatoms. The minimum Gasteiger partial charge on any atom is -0.385 e. The highest BCUT2D eigenvalue weighted by Crippen LogP contribution is 2.15. The predicted molar refractivity (Wildman–Crippen MR) is 81.0 cm³/mol. The van der Waals surface area contributed by atoms with E-state index in [9.17, 15) is 4.79 Å². The minimum atomic E-state index is -0.0481. The molecule has 0 saturated carbocycles. The van der Waals surface area contributed by atoms with Crippen LogP contribution in [0.4, 0.5) is 5.69 Å². The topological polar surface area (TPSA) is 57.3 Å². The molecule has 5 nitrogen and oxygen atoms in total. The van der Waals surface area contributed by atoms with E-state index in [4.69, 9.17) is 0 Å². The molecule has 1 unspecified atom stereocenters. The van der Waals surface area contributed by atoms with Crippen molar-refractivity contribution >= 4 is 11.6 Å². The van der Waals surface area contributed by atoms with Crippen LogP contribution in [0, 0.1) is 0 Å². The highest BCUT2D eigenvalue weighted by Gasteiger charge is 2.20. The Bertz CT molecular complexity index is 449. The Hall–Kier alpha value is -1.62. The van der Waals surface area contributed by atoms with E-state index in [1.807, 2.05) is 13.0 Å². The first-order valence-electron chi connectivity index (χ1n) is 7.38. The summed E-state index contributed by atoms with van der Waals surface area (Å²) in [6.45, 7) is 4.63. The number of rotatable bonds is 5. The molecule has 110 valence electrons. The first-order chi connectivity index (χ1) is 9.72. The number of hydrogen-bond acceptors (Lipinski definition) is 4. The number of amides is 1. The van der Waals surface area contributed by atoms with E-state index in [0.29, 0.717) is 18.2 Å². The standard InChI is InChI=1S/C15H24N4O/c1-3-17-14-7-8-16-11-13(14)15(20)18-10-12-6-4-5-9-19(12)2/h7-8,11-12H,3-6,9-10H2,1-2H3,(H,16,17)(H,18,20). The first kappa shape index (κ1) is 14.8. The summed E-state index contributed by atoms with van der Waals surface area (Å²) < 4.78 is 0. The number of likely N-dealkylation sites (tertiary alicyclic amines) is 1. The van der Waals surface area contributed by atoms with Crippen LogP contribution in [0.3, 0.4) is 0 Å². The van der Waals surface area contributed by atoms with E-state index < -0.39 is 0 Å². The number of carbonyl (C=O) groups excluding carboxylic acids is 1. The lowest BCUT2D eigenvalue weighted by Gasteiger charge is -2.32.